The molecule has 0 aliphatic carbocycles. The summed E-state index contributed by atoms with van der Waals surface area (Å²) in [6.07, 6.45) is 4.87. The lowest BCUT2D eigenvalue weighted by Gasteiger charge is -2.24. The number of hydrogen-bond donors (Lipinski definition) is 3. The van der Waals surface area contributed by atoms with Crippen LogP contribution in [0.15, 0.2) is 42.6 Å². The zero-order valence-corrected chi connectivity index (χ0v) is 27.2. The molecule has 0 saturated carbocycles. The number of carbonyl (C=O) groups excluding carboxylic acids is 1. The molecule has 228 valence electrons. The van der Waals surface area contributed by atoms with E-state index in [9.17, 15) is 4.79 Å². The van der Waals surface area contributed by atoms with Gasteiger partial charge in [-0.05, 0) is 80.7 Å². The predicted molar refractivity (Wildman–Crippen MR) is 174 cm³/mol. The molecule has 2 heterocycles. The fourth-order valence-electron chi connectivity index (χ4n) is 4.60. The van der Waals surface area contributed by atoms with Crippen molar-refractivity contribution >= 4 is 29.2 Å². The van der Waals surface area contributed by atoms with Crippen molar-refractivity contribution < 1.29 is 14.3 Å². The number of nitrogens with zero attached hydrogens (tertiary/aromatic N) is 3. The zero-order valence-electron chi connectivity index (χ0n) is 26.4. The van der Waals surface area contributed by atoms with Crippen molar-refractivity contribution in [3.8, 4) is 17.4 Å². The Balaban J connectivity index is 0.00000155. The van der Waals surface area contributed by atoms with Crippen molar-refractivity contribution in [2.24, 2.45) is 5.92 Å². The van der Waals surface area contributed by atoms with Crippen LogP contribution in [0.25, 0.3) is 0 Å². The van der Waals surface area contributed by atoms with Gasteiger partial charge in [-0.1, -0.05) is 45.7 Å². The second kappa shape index (κ2) is 15.2. The third-order valence-electron chi connectivity index (χ3n) is 6.84. The average Bonchev–Trinajstić information content (AvgIpc) is 3.34. The Labute approximate surface area is 255 Å². The van der Waals surface area contributed by atoms with Crippen LogP contribution in [-0.4, -0.2) is 61.3 Å². The number of benzene rings is 2. The summed E-state index contributed by atoms with van der Waals surface area (Å²) in [5.74, 6) is 2.78. The van der Waals surface area contributed by atoms with E-state index >= 15 is 0 Å². The molecule has 1 unspecified atom stereocenters. The molecule has 2 aromatic carbocycles. The number of rotatable bonds is 9. The number of aromatic nitrogens is 2. The normalized spacial score (nSPS) is 15.0. The molecule has 0 radical (unpaired) electrons. The first-order valence-corrected chi connectivity index (χ1v) is 15.5. The van der Waals surface area contributed by atoms with Crippen molar-refractivity contribution in [2.75, 3.05) is 50.6 Å². The first kappa shape index (κ1) is 33.2. The zero-order chi connectivity index (χ0) is 30.9. The summed E-state index contributed by atoms with van der Waals surface area (Å²) in [7, 11) is 5.35. The number of ether oxygens (including phenoxy) is 2. The number of carbonyl (C=O) groups is 1. The Bertz CT molecular complexity index is 1340. The predicted octanol–water partition coefficient (Wildman–Crippen LogP) is 6.50. The Morgan fingerprint density at radius 2 is 1.86 bits per heavy atom. The highest BCUT2D eigenvalue weighted by Crippen LogP contribution is 2.40. The van der Waals surface area contributed by atoms with Crippen LogP contribution in [0.4, 0.5) is 11.4 Å². The molecule has 4 rings (SSSR count). The highest BCUT2D eigenvalue weighted by atomic mass is 32.2. The minimum absolute atomic E-state index is 0.116. The number of aryl methyl sites for hydroxylation is 1. The van der Waals surface area contributed by atoms with E-state index in [1.54, 1.807) is 31.5 Å². The molecule has 1 aliphatic rings. The molecule has 9 nitrogen and oxygen atoms in total. The molecule has 1 amide bonds. The molecule has 1 aromatic heterocycles. The van der Waals surface area contributed by atoms with E-state index in [1.807, 2.05) is 39.4 Å². The van der Waals surface area contributed by atoms with Crippen molar-refractivity contribution in [1.29, 1.82) is 0 Å². The Morgan fingerprint density at radius 3 is 2.48 bits per heavy atom. The van der Waals surface area contributed by atoms with E-state index in [0.717, 1.165) is 35.7 Å². The maximum Gasteiger partial charge on any atom is 0.255 e. The van der Waals surface area contributed by atoms with E-state index in [4.69, 9.17) is 9.47 Å². The van der Waals surface area contributed by atoms with E-state index in [0.29, 0.717) is 41.1 Å². The molecular formula is C32H46N6O3S. The quantitative estimate of drug-likeness (QED) is 0.240. The molecule has 1 aliphatic heterocycles. The maximum absolute atomic E-state index is 13.4. The van der Waals surface area contributed by atoms with Gasteiger partial charge < -0.3 is 24.8 Å². The first-order valence-electron chi connectivity index (χ1n) is 14.2. The third-order valence-corrected chi connectivity index (χ3v) is 7.26. The van der Waals surface area contributed by atoms with Crippen LogP contribution in [0.3, 0.4) is 0 Å². The molecule has 42 heavy (non-hydrogen) atoms. The Kier molecular flexibility index (Phi) is 12.0. The molecule has 0 spiro atoms. The van der Waals surface area contributed by atoms with Crippen LogP contribution in [0.5, 0.6) is 17.4 Å². The van der Waals surface area contributed by atoms with Crippen molar-refractivity contribution in [3.63, 3.8) is 0 Å². The van der Waals surface area contributed by atoms with Gasteiger partial charge in [-0.3, -0.25) is 9.69 Å². The molecule has 3 N–H and O–H groups in total. The van der Waals surface area contributed by atoms with Crippen LogP contribution >= 0.6 is 11.9 Å². The highest BCUT2D eigenvalue weighted by molar-refractivity contribution is 7.99. The molecule has 3 aromatic rings. The van der Waals surface area contributed by atoms with E-state index in [2.05, 4.69) is 64.0 Å². The molecular weight excluding hydrogens is 548 g/mol. The van der Waals surface area contributed by atoms with Crippen molar-refractivity contribution in [1.82, 2.24) is 20.2 Å². The topological polar surface area (TPSA) is 101 Å². The van der Waals surface area contributed by atoms with E-state index in [1.165, 1.54) is 18.4 Å². The minimum atomic E-state index is -0.258. The van der Waals surface area contributed by atoms with Gasteiger partial charge >= 0.3 is 0 Å². The summed E-state index contributed by atoms with van der Waals surface area (Å²) in [6.45, 7) is 13.4. The summed E-state index contributed by atoms with van der Waals surface area (Å²) >= 11 is 1.47. The number of likely N-dealkylation sites (tertiary alicyclic amines) is 1. The number of amides is 1. The van der Waals surface area contributed by atoms with Gasteiger partial charge in [0.15, 0.2) is 5.75 Å². The van der Waals surface area contributed by atoms with Gasteiger partial charge in [0.25, 0.3) is 5.91 Å². The first-order chi connectivity index (χ1) is 20.0. The second-order valence-corrected chi connectivity index (χ2v) is 12.2. The van der Waals surface area contributed by atoms with Crippen LogP contribution in [0, 0.1) is 12.8 Å². The molecule has 1 atom stereocenters. The number of hydrogen-bond acceptors (Lipinski definition) is 9. The Morgan fingerprint density at radius 1 is 1.14 bits per heavy atom. The fraction of sp³-hybridized carbons (Fsp3) is 0.469. The smallest absolute Gasteiger partial charge is 0.255 e. The fourth-order valence-corrected chi connectivity index (χ4v) is 4.97. The molecule has 10 heteroatoms. The number of nitrogens with one attached hydrogen (secondary N) is 3. The number of methoxy groups -OCH3 is 1. The van der Waals surface area contributed by atoms with E-state index < -0.39 is 0 Å². The molecule has 0 bridgehead atoms. The lowest BCUT2D eigenvalue weighted by Crippen LogP contribution is -2.21. The summed E-state index contributed by atoms with van der Waals surface area (Å²) in [6, 6.07) is 11.2. The average molecular weight is 595 g/mol. The molecule has 1 fully saturated rings. The maximum atomic E-state index is 13.4. The lowest BCUT2D eigenvalue weighted by atomic mass is 9.86. The van der Waals surface area contributed by atoms with Crippen LogP contribution in [-0.2, 0) is 12.0 Å². The highest BCUT2D eigenvalue weighted by Gasteiger charge is 2.22. The van der Waals surface area contributed by atoms with E-state index in [-0.39, 0.29) is 11.3 Å². The third kappa shape index (κ3) is 9.08. The van der Waals surface area contributed by atoms with Crippen molar-refractivity contribution in [3.05, 3.63) is 65.1 Å². The van der Waals surface area contributed by atoms with Gasteiger partial charge in [-0.15, -0.1) is 0 Å². The summed E-state index contributed by atoms with van der Waals surface area (Å²) in [4.78, 5) is 24.8. The van der Waals surface area contributed by atoms with Gasteiger partial charge in [-0.25, -0.2) is 4.98 Å². The van der Waals surface area contributed by atoms with Crippen LogP contribution in [0.2, 0.25) is 0 Å². The standard InChI is InChI=1S/C30H39N5O3S.C2H7N/c1-19-11-13-35(17-19)18-26-31-12-10-27(33-26)38-25-14-21(9-8-20(25)2)29(36)32-23-15-22(30(3,4)5)16-24(34-39-7)28(23)37-6;1-3-2/h8-10,12,14-16,19,34H,11,13,17-18H2,1-7H3,(H,32,36);3H,1-2H3. The van der Waals surface area contributed by atoms with Crippen LogP contribution in [0.1, 0.15) is 61.4 Å². The van der Waals surface area contributed by atoms with Gasteiger partial charge in [0.2, 0.25) is 5.88 Å². The summed E-state index contributed by atoms with van der Waals surface area (Å²) < 4.78 is 15.1. The van der Waals surface area contributed by atoms with Gasteiger partial charge in [0.05, 0.1) is 25.0 Å². The van der Waals surface area contributed by atoms with Gasteiger partial charge in [-0.2, -0.15) is 4.98 Å². The SMILES string of the molecule is CNC.COc1c(NSC)cc(C(C)(C)C)cc1NC(=O)c1ccc(C)c(Oc2ccnc(CN3CCC(C)C3)n2)c1. The minimum Gasteiger partial charge on any atom is -0.492 e. The number of anilines is 2. The van der Waals surface area contributed by atoms with Gasteiger partial charge in [0.1, 0.15) is 11.6 Å². The van der Waals surface area contributed by atoms with Gasteiger partial charge in [0, 0.05) is 30.6 Å². The summed E-state index contributed by atoms with van der Waals surface area (Å²) in [5.41, 5.74) is 3.74. The largest absolute Gasteiger partial charge is 0.492 e. The Hall–Kier alpha value is -3.34. The second-order valence-electron chi connectivity index (χ2n) is 11.6. The molecule has 1 saturated heterocycles. The lowest BCUT2D eigenvalue weighted by molar-refractivity contribution is 0.102. The van der Waals surface area contributed by atoms with Crippen molar-refractivity contribution in [2.45, 2.75) is 53.0 Å². The summed E-state index contributed by atoms with van der Waals surface area (Å²) in [5, 5.41) is 5.80. The monoisotopic (exact) mass is 594 g/mol. The van der Waals surface area contributed by atoms with Crippen LogP contribution < -0.4 is 24.8 Å².